The van der Waals surface area contributed by atoms with Gasteiger partial charge < -0.3 is 24.9 Å². The molecule has 5 rings (SSSR count). The van der Waals surface area contributed by atoms with E-state index in [1.807, 2.05) is 38.5 Å². The fraction of sp³-hybridized carbons (Fsp3) is 0.241. The minimum Gasteiger partial charge on any atom is -0.503 e. The van der Waals surface area contributed by atoms with Gasteiger partial charge in [0.2, 0.25) is 0 Å². The smallest absolute Gasteiger partial charge is 0.176 e. The number of nitrogens with zero attached hydrogens (tertiary/aromatic N) is 2. The van der Waals surface area contributed by atoms with Crippen molar-refractivity contribution in [1.82, 2.24) is 9.88 Å². The van der Waals surface area contributed by atoms with E-state index in [1.54, 1.807) is 12.1 Å². The van der Waals surface area contributed by atoms with Gasteiger partial charge in [-0.25, -0.2) is 0 Å². The van der Waals surface area contributed by atoms with Crippen LogP contribution in [0.5, 0.6) is 11.5 Å². The third kappa shape index (κ3) is 4.50. The van der Waals surface area contributed by atoms with Crippen LogP contribution in [-0.2, 0) is 16.8 Å². The number of rotatable bonds is 8. The molecule has 1 fully saturated rings. The predicted octanol–water partition coefficient (Wildman–Crippen LogP) is 6.31. The number of aromatic hydroxyl groups is 1. The Labute approximate surface area is 215 Å². The molecule has 184 valence electrons. The summed E-state index contributed by atoms with van der Waals surface area (Å²) < 4.78 is 5.30. The van der Waals surface area contributed by atoms with Crippen molar-refractivity contribution in [2.75, 3.05) is 26.5 Å². The van der Waals surface area contributed by atoms with Crippen molar-refractivity contribution >= 4 is 40.2 Å². The van der Waals surface area contributed by atoms with Gasteiger partial charge in [0.25, 0.3) is 0 Å². The summed E-state index contributed by atoms with van der Waals surface area (Å²) in [6.07, 6.45) is 4.50. The Hall–Kier alpha value is -3.61. The summed E-state index contributed by atoms with van der Waals surface area (Å²) in [7, 11) is 5.58. The number of anilines is 2. The van der Waals surface area contributed by atoms with E-state index in [9.17, 15) is 9.90 Å². The number of aldehydes is 1. The zero-order valence-electron chi connectivity index (χ0n) is 20.5. The molecule has 7 heteroatoms. The molecule has 4 aromatic rings. The predicted molar refractivity (Wildman–Crippen MR) is 144 cm³/mol. The Morgan fingerprint density at radius 3 is 2.50 bits per heavy atom. The van der Waals surface area contributed by atoms with Crippen molar-refractivity contribution in [3.63, 3.8) is 0 Å². The summed E-state index contributed by atoms with van der Waals surface area (Å²) in [6, 6.07) is 17.7. The van der Waals surface area contributed by atoms with Crippen molar-refractivity contribution in [2.45, 2.75) is 24.8 Å². The van der Waals surface area contributed by atoms with Crippen molar-refractivity contribution in [3.05, 3.63) is 76.9 Å². The van der Waals surface area contributed by atoms with Crippen LogP contribution in [0.25, 0.3) is 22.0 Å². The van der Waals surface area contributed by atoms with Crippen LogP contribution in [0.15, 0.2) is 60.8 Å². The van der Waals surface area contributed by atoms with E-state index >= 15 is 0 Å². The Kier molecular flexibility index (Phi) is 6.33. The van der Waals surface area contributed by atoms with E-state index in [-0.39, 0.29) is 10.8 Å². The summed E-state index contributed by atoms with van der Waals surface area (Å²) in [4.78, 5) is 18.9. The van der Waals surface area contributed by atoms with Gasteiger partial charge in [-0.1, -0.05) is 29.8 Å². The second-order valence-electron chi connectivity index (χ2n) is 9.62. The van der Waals surface area contributed by atoms with E-state index in [2.05, 4.69) is 39.5 Å². The summed E-state index contributed by atoms with van der Waals surface area (Å²) >= 11 is 6.26. The molecule has 6 nitrogen and oxygen atoms in total. The molecule has 36 heavy (non-hydrogen) atoms. The number of carbonyl (C=O) groups excluding carboxylic acids is 1. The number of benzene rings is 3. The second kappa shape index (κ2) is 9.45. The summed E-state index contributed by atoms with van der Waals surface area (Å²) in [5.74, 6) is 0.216. The van der Waals surface area contributed by atoms with Crippen molar-refractivity contribution < 1.29 is 14.6 Å². The number of aromatic nitrogens is 1. The monoisotopic (exact) mass is 501 g/mol. The summed E-state index contributed by atoms with van der Waals surface area (Å²) in [6.45, 7) is 0.861. The van der Waals surface area contributed by atoms with Crippen LogP contribution in [0.4, 0.5) is 11.4 Å². The molecule has 0 bridgehead atoms. The third-order valence-electron chi connectivity index (χ3n) is 6.72. The van der Waals surface area contributed by atoms with Crippen LogP contribution < -0.4 is 10.1 Å². The van der Waals surface area contributed by atoms with Gasteiger partial charge in [-0.05, 0) is 80.0 Å². The quantitative estimate of drug-likeness (QED) is 0.276. The molecule has 1 aromatic heterocycles. The van der Waals surface area contributed by atoms with Crippen LogP contribution in [0.2, 0.25) is 5.02 Å². The fourth-order valence-corrected chi connectivity index (χ4v) is 4.78. The van der Waals surface area contributed by atoms with E-state index in [0.717, 1.165) is 64.6 Å². The lowest BCUT2D eigenvalue weighted by Gasteiger charge is -2.19. The average molecular weight is 502 g/mol. The van der Waals surface area contributed by atoms with Gasteiger partial charge in [0.05, 0.1) is 28.8 Å². The normalized spacial score (nSPS) is 14.1. The SMILES string of the molecule is COc1cc(-c2ccc3ncc(C4(C=O)CC4)c(Nc4ccc(CN(C)C)cc4)c3c2)cc(Cl)c1O. The molecule has 0 spiro atoms. The largest absolute Gasteiger partial charge is 0.503 e. The summed E-state index contributed by atoms with van der Waals surface area (Å²) in [5, 5.41) is 14.9. The molecule has 1 aliphatic rings. The molecule has 0 amide bonds. The molecule has 0 unspecified atom stereocenters. The van der Waals surface area contributed by atoms with Crippen LogP contribution in [0.3, 0.4) is 0 Å². The maximum Gasteiger partial charge on any atom is 0.176 e. The number of nitrogens with one attached hydrogen (secondary N) is 1. The topological polar surface area (TPSA) is 74.7 Å². The number of pyridine rings is 1. The highest BCUT2D eigenvalue weighted by Crippen LogP contribution is 2.51. The molecule has 1 saturated carbocycles. The highest BCUT2D eigenvalue weighted by Gasteiger charge is 2.46. The number of halogens is 1. The fourth-order valence-electron chi connectivity index (χ4n) is 4.57. The molecule has 0 radical (unpaired) electrons. The number of fused-ring (bicyclic) bond motifs is 1. The Bertz CT molecular complexity index is 1450. The minimum atomic E-state index is -0.505. The highest BCUT2D eigenvalue weighted by molar-refractivity contribution is 6.32. The maximum absolute atomic E-state index is 12.1. The number of methoxy groups -OCH3 is 1. The molecule has 0 saturated heterocycles. The van der Waals surface area contributed by atoms with Gasteiger partial charge in [0.1, 0.15) is 6.29 Å². The average Bonchev–Trinajstić information content (AvgIpc) is 3.67. The summed E-state index contributed by atoms with van der Waals surface area (Å²) in [5.41, 5.74) is 5.94. The highest BCUT2D eigenvalue weighted by atomic mass is 35.5. The van der Waals surface area contributed by atoms with Crippen LogP contribution in [-0.4, -0.2) is 42.5 Å². The lowest BCUT2D eigenvalue weighted by molar-refractivity contribution is -0.109. The maximum atomic E-state index is 12.1. The van der Waals surface area contributed by atoms with E-state index in [0.29, 0.717) is 5.75 Å². The van der Waals surface area contributed by atoms with Gasteiger partial charge in [-0.3, -0.25) is 4.98 Å². The molecular weight excluding hydrogens is 474 g/mol. The number of ether oxygens (including phenoxy) is 1. The van der Waals surface area contributed by atoms with Gasteiger partial charge in [-0.15, -0.1) is 0 Å². The molecule has 0 atom stereocenters. The Morgan fingerprint density at radius 2 is 1.86 bits per heavy atom. The van der Waals surface area contributed by atoms with Gasteiger partial charge >= 0.3 is 0 Å². The number of phenolic OH excluding ortho intramolecular Hbond substituents is 1. The molecular formula is C29H28ClN3O3. The second-order valence-corrected chi connectivity index (χ2v) is 10.0. The number of hydrogen-bond acceptors (Lipinski definition) is 6. The number of carbonyl (C=O) groups is 1. The van der Waals surface area contributed by atoms with Crippen molar-refractivity contribution in [2.24, 2.45) is 0 Å². The molecule has 2 N–H and O–H groups in total. The van der Waals surface area contributed by atoms with E-state index in [1.165, 1.54) is 12.7 Å². The van der Waals surface area contributed by atoms with E-state index < -0.39 is 5.41 Å². The zero-order valence-corrected chi connectivity index (χ0v) is 21.3. The molecule has 1 aliphatic carbocycles. The first kappa shape index (κ1) is 24.1. The number of phenols is 1. The first-order chi connectivity index (χ1) is 17.3. The minimum absolute atomic E-state index is 0.0885. The Morgan fingerprint density at radius 1 is 1.11 bits per heavy atom. The van der Waals surface area contributed by atoms with Gasteiger partial charge in [0, 0.05) is 29.4 Å². The van der Waals surface area contributed by atoms with E-state index in [4.69, 9.17) is 16.3 Å². The molecule has 0 aliphatic heterocycles. The van der Waals surface area contributed by atoms with Crippen LogP contribution in [0.1, 0.15) is 24.0 Å². The van der Waals surface area contributed by atoms with Gasteiger partial charge in [0.15, 0.2) is 11.5 Å². The molecule has 3 aromatic carbocycles. The number of hydrogen-bond donors (Lipinski definition) is 2. The van der Waals surface area contributed by atoms with Crippen molar-refractivity contribution in [3.8, 4) is 22.6 Å². The standard InChI is InChI=1S/C29H28ClN3O3/c1-33(2)16-18-4-7-21(8-5-18)32-27-22-12-19(20-13-24(30)28(35)26(14-20)36-3)6-9-25(22)31-15-23(27)29(17-34)10-11-29/h4-9,12-15,17,35H,10-11,16H2,1-3H3,(H,31,32). The van der Waals surface area contributed by atoms with Gasteiger partial charge in [-0.2, -0.15) is 0 Å². The van der Waals surface area contributed by atoms with Crippen LogP contribution in [0, 0.1) is 0 Å². The van der Waals surface area contributed by atoms with Crippen molar-refractivity contribution in [1.29, 1.82) is 0 Å². The Balaban J connectivity index is 1.64. The zero-order chi connectivity index (χ0) is 25.4. The first-order valence-corrected chi connectivity index (χ1v) is 12.2. The third-order valence-corrected chi connectivity index (χ3v) is 7.01. The lowest BCUT2D eigenvalue weighted by Crippen LogP contribution is -2.12. The lowest BCUT2D eigenvalue weighted by atomic mass is 9.93. The first-order valence-electron chi connectivity index (χ1n) is 11.8. The van der Waals surface area contributed by atoms with Crippen LogP contribution >= 0.6 is 11.6 Å². The molecule has 1 heterocycles.